The van der Waals surface area contributed by atoms with Crippen LogP contribution in [0, 0.1) is 5.92 Å². The van der Waals surface area contributed by atoms with Crippen molar-refractivity contribution < 1.29 is 5.11 Å². The van der Waals surface area contributed by atoms with Gasteiger partial charge in [0.15, 0.2) is 0 Å². The summed E-state index contributed by atoms with van der Waals surface area (Å²) in [6.07, 6.45) is 5.87. The Kier molecular flexibility index (Phi) is 3.16. The quantitative estimate of drug-likeness (QED) is 0.822. The fourth-order valence-corrected chi connectivity index (χ4v) is 3.98. The third-order valence-electron chi connectivity index (χ3n) is 5.03. The molecule has 0 spiro atoms. The van der Waals surface area contributed by atoms with E-state index in [1.54, 1.807) is 0 Å². The van der Waals surface area contributed by atoms with E-state index in [4.69, 9.17) is 0 Å². The third-order valence-corrected chi connectivity index (χ3v) is 5.03. The van der Waals surface area contributed by atoms with Crippen LogP contribution >= 0.6 is 0 Å². The minimum Gasteiger partial charge on any atom is -0.385 e. The maximum absolute atomic E-state index is 11.2. The molecule has 1 aliphatic carbocycles. The van der Waals surface area contributed by atoms with E-state index in [1.165, 1.54) is 25.7 Å². The molecule has 98 valence electrons. The monoisotopic (exact) mass is 245 g/mol. The maximum atomic E-state index is 11.2. The Morgan fingerprint density at radius 2 is 1.89 bits per heavy atom. The molecule has 0 radical (unpaired) electrons. The minimum atomic E-state index is -0.598. The van der Waals surface area contributed by atoms with Gasteiger partial charge in [-0.3, -0.25) is 0 Å². The minimum absolute atomic E-state index is 0.410. The Labute approximate surface area is 110 Å². The number of rotatable bonds is 1. The third kappa shape index (κ3) is 1.88. The van der Waals surface area contributed by atoms with Crippen LogP contribution in [0.1, 0.15) is 37.7 Å². The zero-order valence-corrected chi connectivity index (χ0v) is 11.2. The Morgan fingerprint density at radius 1 is 1.17 bits per heavy atom. The van der Waals surface area contributed by atoms with Gasteiger partial charge in [-0.25, -0.2) is 0 Å². The number of hydrogen-bond donors (Lipinski definition) is 1. The van der Waals surface area contributed by atoms with Gasteiger partial charge in [0.1, 0.15) is 0 Å². The van der Waals surface area contributed by atoms with Crippen molar-refractivity contribution in [1.29, 1.82) is 0 Å². The van der Waals surface area contributed by atoms with E-state index in [-0.39, 0.29) is 0 Å². The van der Waals surface area contributed by atoms with Crippen LogP contribution in [0.4, 0.5) is 0 Å². The summed E-state index contributed by atoms with van der Waals surface area (Å²) in [5, 5.41) is 11.2. The second-order valence-electron chi connectivity index (χ2n) is 5.98. The molecule has 1 heterocycles. The predicted molar refractivity (Wildman–Crippen MR) is 73.3 cm³/mol. The van der Waals surface area contributed by atoms with E-state index >= 15 is 0 Å². The first-order valence-corrected chi connectivity index (χ1v) is 7.20. The van der Waals surface area contributed by atoms with Gasteiger partial charge in [0, 0.05) is 18.5 Å². The topological polar surface area (TPSA) is 23.5 Å². The highest BCUT2D eigenvalue weighted by atomic mass is 16.3. The average molecular weight is 245 g/mol. The predicted octanol–water partition coefficient (Wildman–Crippen LogP) is 2.77. The van der Waals surface area contributed by atoms with E-state index in [2.05, 4.69) is 24.1 Å². The largest absolute Gasteiger partial charge is 0.385 e. The molecule has 2 fully saturated rings. The van der Waals surface area contributed by atoms with Crippen molar-refractivity contribution in [3.05, 3.63) is 35.9 Å². The van der Waals surface area contributed by atoms with Crippen LogP contribution in [0.2, 0.25) is 0 Å². The SMILES string of the molecule is CN1CC[C@](O)(c2ccccc2)[C@H]2CCCC[C@H]21. The van der Waals surface area contributed by atoms with Gasteiger partial charge in [-0.05, 0) is 31.9 Å². The number of fused-ring (bicyclic) bond motifs is 1. The average Bonchev–Trinajstić information content (AvgIpc) is 2.44. The van der Waals surface area contributed by atoms with Gasteiger partial charge < -0.3 is 10.0 Å². The summed E-state index contributed by atoms with van der Waals surface area (Å²) >= 11 is 0. The molecule has 1 N–H and O–H groups in total. The van der Waals surface area contributed by atoms with Gasteiger partial charge in [-0.15, -0.1) is 0 Å². The fourth-order valence-electron chi connectivity index (χ4n) is 3.98. The lowest BCUT2D eigenvalue weighted by Crippen LogP contribution is -2.56. The van der Waals surface area contributed by atoms with Gasteiger partial charge >= 0.3 is 0 Å². The van der Waals surface area contributed by atoms with Crippen LogP contribution in [0.5, 0.6) is 0 Å². The highest BCUT2D eigenvalue weighted by Gasteiger charge is 2.47. The van der Waals surface area contributed by atoms with Gasteiger partial charge in [-0.2, -0.15) is 0 Å². The molecular weight excluding hydrogens is 222 g/mol. The maximum Gasteiger partial charge on any atom is 0.0951 e. The van der Waals surface area contributed by atoms with Crippen molar-refractivity contribution in [3.8, 4) is 0 Å². The van der Waals surface area contributed by atoms with Gasteiger partial charge in [0.2, 0.25) is 0 Å². The Morgan fingerprint density at radius 3 is 2.67 bits per heavy atom. The van der Waals surface area contributed by atoms with E-state index in [0.29, 0.717) is 12.0 Å². The molecule has 2 nitrogen and oxygen atoms in total. The Bertz CT molecular complexity index is 405. The van der Waals surface area contributed by atoms with Gasteiger partial charge in [-0.1, -0.05) is 43.2 Å². The second kappa shape index (κ2) is 4.67. The van der Waals surface area contributed by atoms with Crippen molar-refractivity contribution in [3.63, 3.8) is 0 Å². The van der Waals surface area contributed by atoms with Crippen molar-refractivity contribution in [2.24, 2.45) is 5.92 Å². The van der Waals surface area contributed by atoms with Gasteiger partial charge in [0.05, 0.1) is 5.60 Å². The number of likely N-dealkylation sites (tertiary alicyclic amines) is 1. The number of piperidine rings is 1. The molecule has 2 aliphatic rings. The fraction of sp³-hybridized carbons (Fsp3) is 0.625. The van der Waals surface area contributed by atoms with Crippen LogP contribution in [-0.2, 0) is 5.60 Å². The van der Waals surface area contributed by atoms with E-state index in [9.17, 15) is 5.11 Å². The number of benzene rings is 1. The zero-order valence-electron chi connectivity index (χ0n) is 11.2. The first-order chi connectivity index (χ1) is 8.72. The van der Waals surface area contributed by atoms with E-state index in [1.807, 2.05) is 18.2 Å². The van der Waals surface area contributed by atoms with Crippen molar-refractivity contribution in [1.82, 2.24) is 4.90 Å². The molecule has 0 aromatic heterocycles. The first kappa shape index (κ1) is 12.2. The lowest BCUT2D eigenvalue weighted by Gasteiger charge is -2.51. The van der Waals surface area contributed by atoms with Crippen LogP contribution in [0.25, 0.3) is 0 Å². The summed E-state index contributed by atoms with van der Waals surface area (Å²) in [5.41, 5.74) is 0.522. The van der Waals surface area contributed by atoms with E-state index < -0.39 is 5.60 Å². The Hall–Kier alpha value is -0.860. The lowest BCUT2D eigenvalue weighted by molar-refractivity contribution is -0.114. The zero-order chi connectivity index (χ0) is 12.6. The molecule has 1 aromatic rings. The molecule has 0 amide bonds. The molecule has 1 saturated heterocycles. The molecule has 1 aromatic carbocycles. The molecular formula is C16H23NO. The van der Waals surface area contributed by atoms with Crippen molar-refractivity contribution in [2.75, 3.05) is 13.6 Å². The molecule has 3 atom stereocenters. The number of aliphatic hydroxyl groups is 1. The molecule has 3 rings (SSSR count). The standard InChI is InChI=1S/C16H23NO/c1-17-12-11-16(18,13-7-3-2-4-8-13)14-9-5-6-10-15(14)17/h2-4,7-8,14-15,18H,5-6,9-12H2,1H3/t14-,15+,16-/m0/s1. The number of hydrogen-bond acceptors (Lipinski definition) is 2. The summed E-state index contributed by atoms with van der Waals surface area (Å²) in [4.78, 5) is 2.46. The van der Waals surface area contributed by atoms with Crippen LogP contribution in [0.15, 0.2) is 30.3 Å². The molecule has 1 aliphatic heterocycles. The summed E-state index contributed by atoms with van der Waals surface area (Å²) in [6.45, 7) is 1.01. The van der Waals surface area contributed by atoms with E-state index in [0.717, 1.165) is 18.5 Å². The highest BCUT2D eigenvalue weighted by Crippen LogP contribution is 2.46. The lowest BCUT2D eigenvalue weighted by atomic mass is 9.66. The summed E-state index contributed by atoms with van der Waals surface area (Å²) in [6, 6.07) is 10.9. The molecule has 0 bridgehead atoms. The molecule has 2 heteroatoms. The normalized spacial score (nSPS) is 37.2. The van der Waals surface area contributed by atoms with Crippen molar-refractivity contribution in [2.45, 2.75) is 43.7 Å². The van der Waals surface area contributed by atoms with Crippen LogP contribution in [0.3, 0.4) is 0 Å². The van der Waals surface area contributed by atoms with Crippen LogP contribution in [-0.4, -0.2) is 29.6 Å². The number of nitrogens with zero attached hydrogens (tertiary/aromatic N) is 1. The smallest absolute Gasteiger partial charge is 0.0951 e. The molecule has 0 unspecified atom stereocenters. The Balaban J connectivity index is 1.95. The van der Waals surface area contributed by atoms with Crippen LogP contribution < -0.4 is 0 Å². The summed E-state index contributed by atoms with van der Waals surface area (Å²) in [7, 11) is 2.22. The summed E-state index contributed by atoms with van der Waals surface area (Å²) in [5.74, 6) is 0.410. The second-order valence-corrected chi connectivity index (χ2v) is 5.98. The molecule has 18 heavy (non-hydrogen) atoms. The highest BCUT2D eigenvalue weighted by molar-refractivity contribution is 5.25. The van der Waals surface area contributed by atoms with Crippen molar-refractivity contribution >= 4 is 0 Å². The first-order valence-electron chi connectivity index (χ1n) is 7.20. The summed E-state index contributed by atoms with van der Waals surface area (Å²) < 4.78 is 0. The van der Waals surface area contributed by atoms with Gasteiger partial charge in [0.25, 0.3) is 0 Å². The molecule has 1 saturated carbocycles.